The third-order valence-corrected chi connectivity index (χ3v) is 4.53. The largest absolute Gasteiger partial charge is 0.311 e. The number of nitrogens with zero attached hydrogens (tertiary/aromatic N) is 1. The fourth-order valence-corrected chi connectivity index (χ4v) is 3.48. The summed E-state index contributed by atoms with van der Waals surface area (Å²) in [5, 5.41) is 3.78. The van der Waals surface area contributed by atoms with Gasteiger partial charge in [-0.3, -0.25) is 4.90 Å². The van der Waals surface area contributed by atoms with Gasteiger partial charge in [0, 0.05) is 31.2 Å². The molecule has 1 aliphatic carbocycles. The molecule has 16 heavy (non-hydrogen) atoms. The maximum atomic E-state index is 3.78. The molecule has 0 spiro atoms. The lowest BCUT2D eigenvalue weighted by Crippen LogP contribution is -2.59. The smallest absolute Gasteiger partial charge is 0.0224 e. The molecule has 1 heterocycles. The molecular weight excluding hydrogens is 196 g/mol. The lowest BCUT2D eigenvalue weighted by atomic mass is 9.82. The van der Waals surface area contributed by atoms with Crippen molar-refractivity contribution in [1.82, 2.24) is 10.2 Å². The third kappa shape index (κ3) is 2.78. The monoisotopic (exact) mass is 224 g/mol. The van der Waals surface area contributed by atoms with Crippen LogP contribution in [-0.2, 0) is 0 Å². The number of piperazine rings is 1. The molecule has 2 aliphatic rings. The fraction of sp³-hybridized carbons (Fsp3) is 1.00. The molecule has 2 atom stereocenters. The van der Waals surface area contributed by atoms with Gasteiger partial charge >= 0.3 is 0 Å². The summed E-state index contributed by atoms with van der Waals surface area (Å²) in [5.41, 5.74) is 0. The van der Waals surface area contributed by atoms with E-state index in [1.807, 2.05) is 0 Å². The fourth-order valence-electron chi connectivity index (χ4n) is 3.48. The highest BCUT2D eigenvalue weighted by molar-refractivity contribution is 4.90. The first-order valence-electron chi connectivity index (χ1n) is 7.17. The molecule has 1 saturated carbocycles. The van der Waals surface area contributed by atoms with Gasteiger partial charge in [-0.2, -0.15) is 0 Å². The molecule has 2 heteroatoms. The summed E-state index contributed by atoms with van der Waals surface area (Å²) >= 11 is 0. The summed E-state index contributed by atoms with van der Waals surface area (Å²) in [4.78, 5) is 2.68. The van der Waals surface area contributed by atoms with E-state index in [4.69, 9.17) is 0 Å². The number of hydrogen-bond acceptors (Lipinski definition) is 2. The molecule has 2 unspecified atom stereocenters. The molecule has 2 nitrogen and oxygen atoms in total. The molecule has 2 rings (SSSR count). The topological polar surface area (TPSA) is 15.3 Å². The normalized spacial score (nSPS) is 34.5. The van der Waals surface area contributed by atoms with Crippen molar-refractivity contribution in [2.75, 3.05) is 13.1 Å². The average Bonchev–Trinajstić information content (AvgIpc) is 2.30. The summed E-state index contributed by atoms with van der Waals surface area (Å²) in [6, 6.07) is 2.17. The Morgan fingerprint density at radius 3 is 2.44 bits per heavy atom. The molecule has 0 aromatic rings. The van der Waals surface area contributed by atoms with E-state index in [1.165, 1.54) is 45.2 Å². The van der Waals surface area contributed by atoms with Gasteiger partial charge in [-0.15, -0.1) is 0 Å². The van der Waals surface area contributed by atoms with Crippen LogP contribution in [0.2, 0.25) is 0 Å². The highest BCUT2D eigenvalue weighted by atomic mass is 15.2. The Bertz CT molecular complexity index is 209. The van der Waals surface area contributed by atoms with Crippen LogP contribution >= 0.6 is 0 Å². The predicted octanol–water partition coefficient (Wildman–Crippen LogP) is 2.64. The van der Waals surface area contributed by atoms with E-state index in [-0.39, 0.29) is 0 Å². The van der Waals surface area contributed by atoms with Gasteiger partial charge < -0.3 is 5.32 Å². The zero-order chi connectivity index (χ0) is 11.5. The molecule has 1 aliphatic heterocycles. The van der Waals surface area contributed by atoms with Gasteiger partial charge in [-0.1, -0.05) is 19.3 Å². The van der Waals surface area contributed by atoms with Crippen molar-refractivity contribution in [2.45, 2.75) is 71.0 Å². The number of hydrogen-bond donors (Lipinski definition) is 1. The van der Waals surface area contributed by atoms with Crippen LogP contribution in [0.1, 0.15) is 52.9 Å². The maximum absolute atomic E-state index is 3.78. The first-order valence-corrected chi connectivity index (χ1v) is 7.17. The van der Waals surface area contributed by atoms with Gasteiger partial charge in [0.1, 0.15) is 0 Å². The SMILES string of the molecule is CC(C)N1CC(C2CCCCC2)NCC1C. The van der Waals surface area contributed by atoms with Gasteiger partial charge in [0.15, 0.2) is 0 Å². The van der Waals surface area contributed by atoms with Crippen LogP contribution in [0.4, 0.5) is 0 Å². The first-order chi connectivity index (χ1) is 7.68. The Hall–Kier alpha value is -0.0800. The minimum absolute atomic E-state index is 0.697. The summed E-state index contributed by atoms with van der Waals surface area (Å²) in [7, 11) is 0. The zero-order valence-electron chi connectivity index (χ0n) is 11.2. The van der Waals surface area contributed by atoms with E-state index in [0.717, 1.165) is 12.0 Å². The second-order valence-electron chi connectivity index (χ2n) is 6.05. The molecule has 0 radical (unpaired) electrons. The second-order valence-corrected chi connectivity index (χ2v) is 6.05. The van der Waals surface area contributed by atoms with Gasteiger partial charge in [-0.25, -0.2) is 0 Å². The average molecular weight is 224 g/mol. The van der Waals surface area contributed by atoms with Crippen LogP contribution < -0.4 is 5.32 Å². The van der Waals surface area contributed by atoms with Crippen LogP contribution in [0, 0.1) is 5.92 Å². The Morgan fingerprint density at radius 1 is 1.12 bits per heavy atom. The second kappa shape index (κ2) is 5.50. The molecule has 0 amide bonds. The summed E-state index contributed by atoms with van der Waals surface area (Å²) in [6.45, 7) is 9.46. The van der Waals surface area contributed by atoms with Crippen LogP contribution in [-0.4, -0.2) is 36.1 Å². The summed E-state index contributed by atoms with van der Waals surface area (Å²) < 4.78 is 0. The van der Waals surface area contributed by atoms with Gasteiger partial charge in [0.2, 0.25) is 0 Å². The third-order valence-electron chi connectivity index (χ3n) is 4.53. The lowest BCUT2D eigenvalue weighted by molar-refractivity contribution is 0.0785. The van der Waals surface area contributed by atoms with Crippen LogP contribution in [0.3, 0.4) is 0 Å². The zero-order valence-corrected chi connectivity index (χ0v) is 11.2. The first kappa shape index (κ1) is 12.4. The van der Waals surface area contributed by atoms with Crippen molar-refractivity contribution in [1.29, 1.82) is 0 Å². The van der Waals surface area contributed by atoms with E-state index in [0.29, 0.717) is 12.1 Å². The Balaban J connectivity index is 1.91. The Morgan fingerprint density at radius 2 is 1.81 bits per heavy atom. The maximum Gasteiger partial charge on any atom is 0.0224 e. The van der Waals surface area contributed by atoms with E-state index in [9.17, 15) is 0 Å². The van der Waals surface area contributed by atoms with Crippen molar-refractivity contribution in [3.8, 4) is 0 Å². The van der Waals surface area contributed by atoms with E-state index in [2.05, 4.69) is 31.0 Å². The van der Waals surface area contributed by atoms with E-state index < -0.39 is 0 Å². The van der Waals surface area contributed by atoms with Crippen LogP contribution in [0.5, 0.6) is 0 Å². The highest BCUT2D eigenvalue weighted by Crippen LogP contribution is 2.28. The highest BCUT2D eigenvalue weighted by Gasteiger charge is 2.31. The molecule has 1 N–H and O–H groups in total. The molecule has 1 saturated heterocycles. The Labute approximate surface area is 101 Å². The standard InChI is InChI=1S/C14H28N2/c1-11(2)16-10-14(15-9-12(16)3)13-7-5-4-6-8-13/h11-15H,4-10H2,1-3H3. The summed E-state index contributed by atoms with van der Waals surface area (Å²) in [5.74, 6) is 0.947. The van der Waals surface area contributed by atoms with Gasteiger partial charge in [0.05, 0.1) is 0 Å². The number of nitrogens with one attached hydrogen (secondary N) is 1. The van der Waals surface area contributed by atoms with Crippen LogP contribution in [0.15, 0.2) is 0 Å². The van der Waals surface area contributed by atoms with Crippen molar-refractivity contribution in [3.05, 3.63) is 0 Å². The molecule has 2 fully saturated rings. The van der Waals surface area contributed by atoms with Crippen molar-refractivity contribution < 1.29 is 0 Å². The van der Waals surface area contributed by atoms with Crippen molar-refractivity contribution in [2.24, 2.45) is 5.92 Å². The summed E-state index contributed by atoms with van der Waals surface area (Å²) in [6.07, 6.45) is 7.30. The molecular formula is C14H28N2. The lowest BCUT2D eigenvalue weighted by Gasteiger charge is -2.44. The minimum atomic E-state index is 0.697. The van der Waals surface area contributed by atoms with Crippen molar-refractivity contribution >= 4 is 0 Å². The van der Waals surface area contributed by atoms with E-state index in [1.54, 1.807) is 0 Å². The quantitative estimate of drug-likeness (QED) is 0.776. The molecule has 0 aromatic carbocycles. The van der Waals surface area contributed by atoms with Crippen molar-refractivity contribution in [3.63, 3.8) is 0 Å². The predicted molar refractivity (Wildman–Crippen MR) is 69.7 cm³/mol. The minimum Gasteiger partial charge on any atom is -0.311 e. The van der Waals surface area contributed by atoms with Gasteiger partial charge in [-0.05, 0) is 39.5 Å². The Kier molecular flexibility index (Phi) is 4.26. The van der Waals surface area contributed by atoms with Gasteiger partial charge in [0.25, 0.3) is 0 Å². The molecule has 94 valence electrons. The van der Waals surface area contributed by atoms with E-state index >= 15 is 0 Å². The molecule has 0 bridgehead atoms. The molecule has 0 aromatic heterocycles. The van der Waals surface area contributed by atoms with Crippen LogP contribution in [0.25, 0.3) is 0 Å². The number of rotatable bonds is 2.